The van der Waals surface area contributed by atoms with E-state index in [0.29, 0.717) is 10.8 Å². The molecule has 1 unspecified atom stereocenters. The van der Waals surface area contributed by atoms with Crippen LogP contribution >= 0.6 is 11.8 Å². The molecule has 1 atom stereocenters. The normalized spacial score (nSPS) is 21.4. The fraction of sp³-hybridized carbons (Fsp3) is 1.00. The maximum atomic E-state index is 9.42. The number of aliphatic hydroxyl groups is 1. The molecule has 3 heteroatoms. The summed E-state index contributed by atoms with van der Waals surface area (Å²) in [6, 6.07) is 0.668. The second-order valence-corrected chi connectivity index (χ2v) is 7.77. The van der Waals surface area contributed by atoms with E-state index in [1.54, 1.807) is 0 Å². The third kappa shape index (κ3) is 5.79. The van der Waals surface area contributed by atoms with E-state index in [-0.39, 0.29) is 12.1 Å². The number of nitrogens with one attached hydrogen (secondary N) is 1. The van der Waals surface area contributed by atoms with Crippen LogP contribution in [0.5, 0.6) is 0 Å². The van der Waals surface area contributed by atoms with Crippen molar-refractivity contribution in [1.82, 2.24) is 5.32 Å². The number of aliphatic hydroxyl groups excluding tert-OH is 1. The summed E-state index contributed by atoms with van der Waals surface area (Å²) in [4.78, 5) is 0. The highest BCUT2D eigenvalue weighted by atomic mass is 32.2. The molecule has 0 heterocycles. The molecule has 0 bridgehead atoms. The maximum absolute atomic E-state index is 9.42. The van der Waals surface area contributed by atoms with Gasteiger partial charge in [-0.1, -0.05) is 20.8 Å². The molecule has 2 N–H and O–H groups in total. The lowest BCUT2D eigenvalue weighted by Gasteiger charge is -2.30. The van der Waals surface area contributed by atoms with Gasteiger partial charge >= 0.3 is 0 Å². The molecule has 0 aromatic heterocycles. The molecule has 0 radical (unpaired) electrons. The highest BCUT2D eigenvalue weighted by Gasteiger charge is 2.31. The molecule has 1 aliphatic carbocycles. The fourth-order valence-corrected chi connectivity index (χ4v) is 2.66. The van der Waals surface area contributed by atoms with Gasteiger partial charge in [0.2, 0.25) is 0 Å². The van der Waals surface area contributed by atoms with Crippen molar-refractivity contribution < 1.29 is 5.11 Å². The van der Waals surface area contributed by atoms with E-state index in [1.807, 2.05) is 11.8 Å². The second-order valence-electron chi connectivity index (χ2n) is 5.85. The van der Waals surface area contributed by atoms with E-state index < -0.39 is 0 Å². The molecule has 0 spiro atoms. The van der Waals surface area contributed by atoms with E-state index in [2.05, 4.69) is 33.0 Å². The molecule has 15 heavy (non-hydrogen) atoms. The van der Waals surface area contributed by atoms with Crippen molar-refractivity contribution >= 4 is 11.8 Å². The summed E-state index contributed by atoms with van der Waals surface area (Å²) < 4.78 is 0.329. The van der Waals surface area contributed by atoms with Crippen LogP contribution in [0.25, 0.3) is 0 Å². The molecule has 90 valence electrons. The third-order valence-electron chi connectivity index (χ3n) is 2.67. The largest absolute Gasteiger partial charge is 0.394 e. The Morgan fingerprint density at radius 1 is 1.27 bits per heavy atom. The van der Waals surface area contributed by atoms with Gasteiger partial charge < -0.3 is 10.4 Å². The van der Waals surface area contributed by atoms with Gasteiger partial charge in [0.05, 0.1) is 6.61 Å². The Bertz CT molecular complexity index is 198. The number of thioether (sulfide) groups is 1. The van der Waals surface area contributed by atoms with Crippen LogP contribution in [0.2, 0.25) is 0 Å². The van der Waals surface area contributed by atoms with Crippen LogP contribution in [-0.4, -0.2) is 33.8 Å². The zero-order chi connectivity index (χ0) is 11.5. The van der Waals surface area contributed by atoms with Crippen molar-refractivity contribution in [2.45, 2.75) is 63.3 Å². The van der Waals surface area contributed by atoms with Crippen LogP contribution in [0, 0.1) is 0 Å². The van der Waals surface area contributed by atoms with Gasteiger partial charge in [-0.2, -0.15) is 11.8 Å². The Morgan fingerprint density at radius 2 is 1.87 bits per heavy atom. The molecule has 1 fully saturated rings. The molecule has 0 aliphatic heterocycles. The van der Waals surface area contributed by atoms with Crippen molar-refractivity contribution in [2.24, 2.45) is 0 Å². The van der Waals surface area contributed by atoms with Crippen LogP contribution in [0.3, 0.4) is 0 Å². The first-order valence-electron chi connectivity index (χ1n) is 5.87. The fourth-order valence-electron chi connectivity index (χ4n) is 1.50. The molecule has 0 amide bonds. The molecule has 2 nitrogen and oxygen atoms in total. The summed E-state index contributed by atoms with van der Waals surface area (Å²) in [6.07, 6.45) is 3.60. The Kier molecular flexibility index (Phi) is 4.50. The van der Waals surface area contributed by atoms with Crippen molar-refractivity contribution in [2.75, 3.05) is 12.4 Å². The molecular formula is C12H25NOS. The topological polar surface area (TPSA) is 32.3 Å². The van der Waals surface area contributed by atoms with Crippen molar-refractivity contribution in [1.29, 1.82) is 0 Å². The zero-order valence-corrected chi connectivity index (χ0v) is 11.3. The smallest absolute Gasteiger partial charge is 0.0610 e. The van der Waals surface area contributed by atoms with Gasteiger partial charge in [0.1, 0.15) is 0 Å². The van der Waals surface area contributed by atoms with Gasteiger partial charge in [-0.05, 0) is 31.9 Å². The van der Waals surface area contributed by atoms with Crippen LogP contribution < -0.4 is 5.32 Å². The minimum absolute atomic E-state index is 0.0700. The van der Waals surface area contributed by atoms with Gasteiger partial charge in [-0.15, -0.1) is 0 Å². The Balaban J connectivity index is 2.25. The quantitative estimate of drug-likeness (QED) is 0.736. The third-order valence-corrected chi connectivity index (χ3v) is 3.94. The van der Waals surface area contributed by atoms with Crippen molar-refractivity contribution in [3.05, 3.63) is 0 Å². The van der Waals surface area contributed by atoms with Gasteiger partial charge in [0.25, 0.3) is 0 Å². The Morgan fingerprint density at radius 3 is 2.27 bits per heavy atom. The zero-order valence-electron chi connectivity index (χ0n) is 10.5. The van der Waals surface area contributed by atoms with Crippen LogP contribution in [-0.2, 0) is 0 Å². The SMILES string of the molecule is CC(CO)(CCSC(C)(C)C)NC1CC1. The molecular weight excluding hydrogens is 206 g/mol. The highest BCUT2D eigenvalue weighted by molar-refractivity contribution is 8.00. The molecule has 1 rings (SSSR count). The minimum Gasteiger partial charge on any atom is -0.394 e. The lowest BCUT2D eigenvalue weighted by Crippen LogP contribution is -2.47. The average Bonchev–Trinajstić information content (AvgIpc) is 2.86. The lowest BCUT2D eigenvalue weighted by atomic mass is 10.0. The summed E-state index contributed by atoms with van der Waals surface area (Å²) in [6.45, 7) is 9.09. The molecule has 1 aliphatic rings. The first-order valence-corrected chi connectivity index (χ1v) is 6.86. The first kappa shape index (κ1) is 13.3. The summed E-state index contributed by atoms with van der Waals surface area (Å²) in [7, 11) is 0. The predicted octanol–water partition coefficient (Wildman–Crippen LogP) is 2.41. The van der Waals surface area contributed by atoms with Crippen molar-refractivity contribution in [3.8, 4) is 0 Å². The summed E-state index contributed by atoms with van der Waals surface area (Å²) in [5.74, 6) is 1.11. The second kappa shape index (κ2) is 5.07. The van der Waals surface area contributed by atoms with E-state index in [9.17, 15) is 5.11 Å². The number of rotatable bonds is 6. The van der Waals surface area contributed by atoms with Crippen LogP contribution in [0.4, 0.5) is 0 Å². The molecule has 0 saturated heterocycles. The van der Waals surface area contributed by atoms with Crippen LogP contribution in [0.1, 0.15) is 47.0 Å². The summed E-state index contributed by atoms with van der Waals surface area (Å²) >= 11 is 1.97. The van der Waals surface area contributed by atoms with Crippen LogP contribution in [0.15, 0.2) is 0 Å². The standard InChI is InChI=1S/C12H25NOS/c1-11(2,3)15-8-7-12(4,9-14)13-10-5-6-10/h10,13-14H,5-9H2,1-4H3. The van der Waals surface area contributed by atoms with Gasteiger partial charge in [-0.3, -0.25) is 0 Å². The summed E-state index contributed by atoms with van der Waals surface area (Å²) in [5.41, 5.74) is -0.0700. The summed E-state index contributed by atoms with van der Waals surface area (Å²) in [5, 5.41) is 13.0. The first-order chi connectivity index (χ1) is 6.85. The van der Waals surface area contributed by atoms with Crippen molar-refractivity contribution in [3.63, 3.8) is 0 Å². The highest BCUT2D eigenvalue weighted by Crippen LogP contribution is 2.28. The van der Waals surface area contributed by atoms with Gasteiger partial charge in [-0.25, -0.2) is 0 Å². The molecule has 0 aromatic carbocycles. The number of hydrogen-bond donors (Lipinski definition) is 2. The molecule has 1 saturated carbocycles. The number of hydrogen-bond acceptors (Lipinski definition) is 3. The Hall–Kier alpha value is 0.270. The predicted molar refractivity (Wildman–Crippen MR) is 68.5 cm³/mol. The average molecular weight is 231 g/mol. The van der Waals surface area contributed by atoms with E-state index in [0.717, 1.165) is 12.2 Å². The van der Waals surface area contributed by atoms with E-state index >= 15 is 0 Å². The minimum atomic E-state index is -0.0700. The van der Waals surface area contributed by atoms with Gasteiger partial charge in [0, 0.05) is 16.3 Å². The Labute approximate surface area is 98.2 Å². The maximum Gasteiger partial charge on any atom is 0.0610 e. The molecule has 0 aromatic rings. The lowest BCUT2D eigenvalue weighted by molar-refractivity contribution is 0.169. The monoisotopic (exact) mass is 231 g/mol. The van der Waals surface area contributed by atoms with E-state index in [1.165, 1.54) is 12.8 Å². The van der Waals surface area contributed by atoms with E-state index in [4.69, 9.17) is 0 Å². The van der Waals surface area contributed by atoms with Gasteiger partial charge in [0.15, 0.2) is 0 Å².